The highest BCUT2D eigenvalue weighted by Crippen LogP contribution is 2.17. The third-order valence-electron chi connectivity index (χ3n) is 2.09. The molecule has 1 fully saturated rings. The van der Waals surface area contributed by atoms with E-state index < -0.39 is 0 Å². The zero-order valence-corrected chi connectivity index (χ0v) is 6.69. The van der Waals surface area contributed by atoms with Crippen LogP contribution in [0.25, 0.3) is 0 Å². The number of carbonyl (C=O) groups is 1. The van der Waals surface area contributed by atoms with E-state index in [4.69, 9.17) is 0 Å². The average Bonchev–Trinajstić information content (AvgIpc) is 2.14. The van der Waals surface area contributed by atoms with Crippen LogP contribution in [0, 0.1) is 5.92 Å². The lowest BCUT2D eigenvalue weighted by molar-refractivity contribution is -0.168. The number of ether oxygens (including phenoxy) is 1. The molecule has 2 nitrogen and oxygen atoms in total. The summed E-state index contributed by atoms with van der Waals surface area (Å²) >= 11 is 0. The third-order valence-corrected chi connectivity index (χ3v) is 2.09. The van der Waals surface area contributed by atoms with Crippen LogP contribution in [0.3, 0.4) is 0 Å². The van der Waals surface area contributed by atoms with E-state index in [1.54, 1.807) is 0 Å². The van der Waals surface area contributed by atoms with Gasteiger partial charge in [-0.3, -0.25) is 4.79 Å². The topological polar surface area (TPSA) is 26.3 Å². The fraction of sp³-hybridized carbons (Fsp3) is 0.300. The molecule has 62 valence electrons. The molecule has 1 saturated heterocycles. The molecule has 2 rings (SSSR count). The van der Waals surface area contributed by atoms with Gasteiger partial charge in [-0.2, -0.15) is 0 Å². The summed E-state index contributed by atoms with van der Waals surface area (Å²) < 4.78 is 4.68. The SMILES string of the molecule is O=C1OC[C@H]1Cc1ccccc1. The molecule has 0 aromatic heterocycles. The summed E-state index contributed by atoms with van der Waals surface area (Å²) in [7, 11) is 0. The first-order valence-electron chi connectivity index (χ1n) is 4.07. The maximum Gasteiger partial charge on any atom is 0.312 e. The van der Waals surface area contributed by atoms with Gasteiger partial charge in [0.05, 0.1) is 5.92 Å². The van der Waals surface area contributed by atoms with Crippen molar-refractivity contribution in [3.63, 3.8) is 0 Å². The van der Waals surface area contributed by atoms with E-state index in [0.717, 1.165) is 6.42 Å². The van der Waals surface area contributed by atoms with Crippen molar-refractivity contribution in [2.24, 2.45) is 5.92 Å². The number of hydrogen-bond donors (Lipinski definition) is 0. The fourth-order valence-corrected chi connectivity index (χ4v) is 1.31. The molecule has 1 heterocycles. The summed E-state index contributed by atoms with van der Waals surface area (Å²) in [6.07, 6.45) is 0.819. The Bertz CT molecular complexity index is 279. The minimum Gasteiger partial charge on any atom is -0.464 e. The summed E-state index contributed by atoms with van der Waals surface area (Å²) in [4.78, 5) is 10.8. The molecule has 0 amide bonds. The largest absolute Gasteiger partial charge is 0.464 e. The molecule has 0 bridgehead atoms. The van der Waals surface area contributed by atoms with Crippen LogP contribution in [0.4, 0.5) is 0 Å². The van der Waals surface area contributed by atoms with Crippen LogP contribution >= 0.6 is 0 Å². The normalized spacial score (nSPS) is 21.3. The van der Waals surface area contributed by atoms with Gasteiger partial charge >= 0.3 is 5.97 Å². The molecule has 12 heavy (non-hydrogen) atoms. The predicted molar refractivity (Wildman–Crippen MR) is 44.6 cm³/mol. The number of rotatable bonds is 2. The van der Waals surface area contributed by atoms with Gasteiger partial charge in [0.1, 0.15) is 6.61 Å². The molecule has 1 aromatic carbocycles. The van der Waals surface area contributed by atoms with E-state index >= 15 is 0 Å². The quantitative estimate of drug-likeness (QED) is 0.614. The van der Waals surface area contributed by atoms with Gasteiger partial charge in [0.2, 0.25) is 0 Å². The summed E-state index contributed by atoms with van der Waals surface area (Å²) in [5.41, 5.74) is 1.21. The Morgan fingerprint density at radius 2 is 2.08 bits per heavy atom. The van der Waals surface area contributed by atoms with Crippen LogP contribution < -0.4 is 0 Å². The Hall–Kier alpha value is -1.31. The summed E-state index contributed by atoms with van der Waals surface area (Å²) in [5, 5.41) is 0. The first kappa shape index (κ1) is 7.35. The van der Waals surface area contributed by atoms with Crippen LogP contribution in [-0.2, 0) is 16.0 Å². The number of hydrogen-bond acceptors (Lipinski definition) is 2. The molecule has 0 saturated carbocycles. The van der Waals surface area contributed by atoms with Crippen LogP contribution in [0.2, 0.25) is 0 Å². The monoisotopic (exact) mass is 162 g/mol. The molecule has 1 aromatic rings. The minimum absolute atomic E-state index is 0.0566. The second-order valence-electron chi connectivity index (χ2n) is 3.02. The molecule has 2 heteroatoms. The average molecular weight is 162 g/mol. The maximum atomic E-state index is 10.8. The second-order valence-corrected chi connectivity index (χ2v) is 3.02. The Kier molecular flexibility index (Phi) is 1.82. The molecule has 1 aliphatic rings. The maximum absolute atomic E-state index is 10.8. The van der Waals surface area contributed by atoms with Crippen molar-refractivity contribution in [3.05, 3.63) is 35.9 Å². The van der Waals surface area contributed by atoms with Crippen molar-refractivity contribution in [2.75, 3.05) is 6.61 Å². The smallest absolute Gasteiger partial charge is 0.312 e. The fourth-order valence-electron chi connectivity index (χ4n) is 1.31. The molecular formula is C10H10O2. The van der Waals surface area contributed by atoms with Crippen LogP contribution in [0.5, 0.6) is 0 Å². The Morgan fingerprint density at radius 3 is 2.58 bits per heavy atom. The van der Waals surface area contributed by atoms with E-state index in [2.05, 4.69) is 4.74 Å². The van der Waals surface area contributed by atoms with Crippen molar-refractivity contribution in [2.45, 2.75) is 6.42 Å². The van der Waals surface area contributed by atoms with Crippen molar-refractivity contribution < 1.29 is 9.53 Å². The van der Waals surface area contributed by atoms with Crippen molar-refractivity contribution in [1.82, 2.24) is 0 Å². The molecule has 0 aliphatic carbocycles. The van der Waals surface area contributed by atoms with Gasteiger partial charge in [-0.25, -0.2) is 0 Å². The van der Waals surface area contributed by atoms with Crippen molar-refractivity contribution in [1.29, 1.82) is 0 Å². The van der Waals surface area contributed by atoms with Gasteiger partial charge in [-0.1, -0.05) is 30.3 Å². The summed E-state index contributed by atoms with van der Waals surface area (Å²) in [6.45, 7) is 0.591. The van der Waals surface area contributed by atoms with Gasteiger partial charge in [-0.15, -0.1) is 0 Å². The van der Waals surface area contributed by atoms with Gasteiger partial charge in [0.15, 0.2) is 0 Å². The number of carbonyl (C=O) groups excluding carboxylic acids is 1. The zero-order chi connectivity index (χ0) is 8.39. The Balaban J connectivity index is 2.00. The standard InChI is InChI=1S/C10H10O2/c11-10-9(7-12-10)6-8-4-2-1-3-5-8/h1-5,9H,6-7H2/t9-/m1/s1. The molecule has 0 N–H and O–H groups in total. The van der Waals surface area contributed by atoms with E-state index in [-0.39, 0.29) is 11.9 Å². The molecule has 0 unspecified atom stereocenters. The first-order chi connectivity index (χ1) is 5.86. The zero-order valence-electron chi connectivity index (χ0n) is 6.69. The lowest BCUT2D eigenvalue weighted by atomic mass is 9.97. The van der Waals surface area contributed by atoms with Crippen LogP contribution in [0.15, 0.2) is 30.3 Å². The van der Waals surface area contributed by atoms with Gasteiger partial charge in [0.25, 0.3) is 0 Å². The molecule has 0 radical (unpaired) electrons. The summed E-state index contributed by atoms with van der Waals surface area (Å²) in [6, 6.07) is 10.0. The highest BCUT2D eigenvalue weighted by atomic mass is 16.6. The van der Waals surface area contributed by atoms with Crippen LogP contribution in [0.1, 0.15) is 5.56 Å². The van der Waals surface area contributed by atoms with Crippen molar-refractivity contribution in [3.8, 4) is 0 Å². The number of benzene rings is 1. The predicted octanol–water partition coefficient (Wildman–Crippen LogP) is 1.40. The molecule has 0 spiro atoms. The second kappa shape index (κ2) is 2.97. The van der Waals surface area contributed by atoms with Gasteiger partial charge in [0, 0.05) is 0 Å². The Morgan fingerprint density at radius 1 is 1.33 bits per heavy atom. The third kappa shape index (κ3) is 1.33. The van der Waals surface area contributed by atoms with Crippen molar-refractivity contribution >= 4 is 5.97 Å². The van der Waals surface area contributed by atoms with E-state index in [9.17, 15) is 4.79 Å². The summed E-state index contributed by atoms with van der Waals surface area (Å²) in [5.74, 6) is 0.0475. The Labute approximate surface area is 71.2 Å². The van der Waals surface area contributed by atoms with Gasteiger partial charge in [-0.05, 0) is 12.0 Å². The highest BCUT2D eigenvalue weighted by Gasteiger charge is 2.30. The van der Waals surface area contributed by atoms with E-state index in [1.807, 2.05) is 30.3 Å². The first-order valence-corrected chi connectivity index (χ1v) is 4.07. The van der Waals surface area contributed by atoms with Crippen LogP contribution in [-0.4, -0.2) is 12.6 Å². The molecular weight excluding hydrogens is 152 g/mol. The molecule has 1 atom stereocenters. The highest BCUT2D eigenvalue weighted by molar-refractivity contribution is 5.77. The minimum atomic E-state index is -0.0566. The van der Waals surface area contributed by atoms with Gasteiger partial charge < -0.3 is 4.74 Å². The lowest BCUT2D eigenvalue weighted by Gasteiger charge is -2.24. The molecule has 1 aliphatic heterocycles. The van der Waals surface area contributed by atoms with E-state index in [0.29, 0.717) is 6.61 Å². The van der Waals surface area contributed by atoms with E-state index in [1.165, 1.54) is 5.56 Å². The lowest BCUT2D eigenvalue weighted by Crippen LogP contribution is -2.35. The number of cyclic esters (lactones) is 1. The number of esters is 1.